The first kappa shape index (κ1) is 17.8. The summed E-state index contributed by atoms with van der Waals surface area (Å²) in [7, 11) is 0. The molecule has 4 rings (SSSR count). The van der Waals surface area contributed by atoms with Gasteiger partial charge in [-0.1, -0.05) is 41.9 Å². The molecule has 136 valence electrons. The van der Waals surface area contributed by atoms with E-state index in [2.05, 4.69) is 20.5 Å². The van der Waals surface area contributed by atoms with Crippen molar-refractivity contribution in [1.29, 1.82) is 0 Å². The average molecular weight is 387 g/mol. The number of carbonyl (C=O) groups excluding carboxylic acids is 1. The maximum atomic E-state index is 12.8. The number of halogens is 1. The molecule has 0 aliphatic heterocycles. The summed E-state index contributed by atoms with van der Waals surface area (Å²) in [6, 6.07) is 20.2. The van der Waals surface area contributed by atoms with Crippen molar-refractivity contribution in [2.45, 2.75) is 0 Å². The van der Waals surface area contributed by atoms with Crippen LogP contribution in [0, 0.1) is 0 Å². The molecular weight excluding hydrogens is 372 g/mol. The van der Waals surface area contributed by atoms with Gasteiger partial charge in [0, 0.05) is 28.4 Å². The highest BCUT2D eigenvalue weighted by molar-refractivity contribution is 6.30. The minimum atomic E-state index is -0.306. The van der Waals surface area contributed by atoms with E-state index < -0.39 is 0 Å². The first-order chi connectivity index (χ1) is 13.7. The molecule has 0 saturated carbocycles. The SMILES string of the molecule is O=C(N/N=C/c1ccncc1)c1cc(-c2ccc(Cl)cc2)nc2ccccc12. The second-order valence-corrected chi connectivity index (χ2v) is 6.50. The van der Waals surface area contributed by atoms with Gasteiger partial charge in [0.05, 0.1) is 23.0 Å². The number of carbonyl (C=O) groups is 1. The standard InChI is InChI=1S/C22H15ClN4O/c23-17-7-5-16(6-8-17)21-13-19(18-3-1-2-4-20(18)26-21)22(28)27-25-14-15-9-11-24-12-10-15/h1-14H,(H,27,28)/b25-14+. The number of amides is 1. The summed E-state index contributed by atoms with van der Waals surface area (Å²) in [5.41, 5.74) is 6.24. The van der Waals surface area contributed by atoms with E-state index in [0.717, 1.165) is 22.0 Å². The van der Waals surface area contributed by atoms with Crippen molar-refractivity contribution in [2.75, 3.05) is 0 Å². The number of fused-ring (bicyclic) bond motifs is 1. The van der Waals surface area contributed by atoms with Gasteiger partial charge in [0.1, 0.15) is 0 Å². The second-order valence-electron chi connectivity index (χ2n) is 6.06. The van der Waals surface area contributed by atoms with Crippen LogP contribution in [0.1, 0.15) is 15.9 Å². The number of benzene rings is 2. The van der Waals surface area contributed by atoms with Crippen LogP contribution in [-0.2, 0) is 0 Å². The van der Waals surface area contributed by atoms with E-state index in [1.807, 2.05) is 36.4 Å². The molecule has 0 radical (unpaired) electrons. The molecule has 0 aliphatic rings. The van der Waals surface area contributed by atoms with Gasteiger partial charge < -0.3 is 0 Å². The molecule has 28 heavy (non-hydrogen) atoms. The van der Waals surface area contributed by atoms with Gasteiger partial charge in [0.2, 0.25) is 0 Å². The van der Waals surface area contributed by atoms with Crippen LogP contribution in [-0.4, -0.2) is 22.1 Å². The molecule has 5 nitrogen and oxygen atoms in total. The van der Waals surface area contributed by atoms with Gasteiger partial charge in [-0.25, -0.2) is 10.4 Å². The van der Waals surface area contributed by atoms with Crippen LogP contribution in [0.5, 0.6) is 0 Å². The summed E-state index contributed by atoms with van der Waals surface area (Å²) in [6.45, 7) is 0. The molecule has 0 spiro atoms. The zero-order chi connectivity index (χ0) is 19.3. The maximum Gasteiger partial charge on any atom is 0.272 e. The first-order valence-electron chi connectivity index (χ1n) is 8.60. The van der Waals surface area contributed by atoms with E-state index in [-0.39, 0.29) is 5.91 Å². The molecule has 2 aromatic heterocycles. The van der Waals surface area contributed by atoms with Crippen LogP contribution < -0.4 is 5.43 Å². The van der Waals surface area contributed by atoms with Gasteiger partial charge in [-0.15, -0.1) is 0 Å². The molecule has 1 N–H and O–H groups in total. The van der Waals surface area contributed by atoms with Gasteiger partial charge in [-0.2, -0.15) is 5.10 Å². The number of pyridine rings is 2. The first-order valence-corrected chi connectivity index (χ1v) is 8.98. The molecule has 0 saturated heterocycles. The minimum absolute atomic E-state index is 0.306. The topological polar surface area (TPSA) is 67.2 Å². The highest BCUT2D eigenvalue weighted by atomic mass is 35.5. The smallest absolute Gasteiger partial charge is 0.267 e. The van der Waals surface area contributed by atoms with Crippen LogP contribution in [0.25, 0.3) is 22.2 Å². The Kier molecular flexibility index (Phi) is 5.08. The van der Waals surface area contributed by atoms with Crippen LogP contribution >= 0.6 is 11.6 Å². The molecule has 0 aliphatic carbocycles. The molecule has 1 amide bonds. The van der Waals surface area contributed by atoms with Crippen molar-refractivity contribution >= 4 is 34.6 Å². The zero-order valence-corrected chi connectivity index (χ0v) is 15.5. The zero-order valence-electron chi connectivity index (χ0n) is 14.7. The summed E-state index contributed by atoms with van der Waals surface area (Å²) >= 11 is 5.98. The highest BCUT2D eigenvalue weighted by Crippen LogP contribution is 2.26. The highest BCUT2D eigenvalue weighted by Gasteiger charge is 2.13. The van der Waals surface area contributed by atoms with Crippen LogP contribution in [0.2, 0.25) is 5.02 Å². The van der Waals surface area contributed by atoms with Crippen molar-refractivity contribution in [3.8, 4) is 11.3 Å². The Balaban J connectivity index is 1.69. The van der Waals surface area contributed by atoms with Crippen molar-refractivity contribution in [3.63, 3.8) is 0 Å². The van der Waals surface area contributed by atoms with Crippen molar-refractivity contribution in [3.05, 3.63) is 95.3 Å². The lowest BCUT2D eigenvalue weighted by Gasteiger charge is -2.09. The quantitative estimate of drug-likeness (QED) is 0.408. The summed E-state index contributed by atoms with van der Waals surface area (Å²) in [5, 5.41) is 5.46. The number of rotatable bonds is 4. The number of para-hydroxylation sites is 1. The Hall–Kier alpha value is -3.57. The number of nitrogens with one attached hydrogen (secondary N) is 1. The lowest BCUT2D eigenvalue weighted by Crippen LogP contribution is -2.18. The lowest BCUT2D eigenvalue weighted by molar-refractivity contribution is 0.0957. The fourth-order valence-corrected chi connectivity index (χ4v) is 2.93. The van der Waals surface area contributed by atoms with E-state index in [0.29, 0.717) is 16.3 Å². The summed E-state index contributed by atoms with van der Waals surface area (Å²) < 4.78 is 0. The fourth-order valence-electron chi connectivity index (χ4n) is 2.81. The number of hydrogen-bond acceptors (Lipinski definition) is 4. The van der Waals surface area contributed by atoms with Crippen molar-refractivity contribution < 1.29 is 4.79 Å². The van der Waals surface area contributed by atoms with Gasteiger partial charge in [0.15, 0.2) is 0 Å². The van der Waals surface area contributed by atoms with Crippen molar-refractivity contribution in [1.82, 2.24) is 15.4 Å². The molecule has 0 bridgehead atoms. The molecular formula is C22H15ClN4O. The Morgan fingerprint density at radius 3 is 2.54 bits per heavy atom. The van der Waals surface area contributed by atoms with Crippen molar-refractivity contribution in [2.24, 2.45) is 5.10 Å². The van der Waals surface area contributed by atoms with Gasteiger partial charge in [-0.3, -0.25) is 9.78 Å². The monoisotopic (exact) mass is 386 g/mol. The summed E-state index contributed by atoms with van der Waals surface area (Å²) in [4.78, 5) is 21.4. The van der Waals surface area contributed by atoms with Gasteiger partial charge in [-0.05, 0) is 42.0 Å². The summed E-state index contributed by atoms with van der Waals surface area (Å²) in [6.07, 6.45) is 4.90. The Morgan fingerprint density at radius 1 is 1.00 bits per heavy atom. The largest absolute Gasteiger partial charge is 0.272 e. The van der Waals surface area contributed by atoms with E-state index in [9.17, 15) is 4.79 Å². The van der Waals surface area contributed by atoms with Gasteiger partial charge in [0.25, 0.3) is 5.91 Å². The molecule has 6 heteroatoms. The predicted molar refractivity (Wildman–Crippen MR) is 111 cm³/mol. The molecule has 0 fully saturated rings. The fraction of sp³-hybridized carbons (Fsp3) is 0. The van der Waals surface area contributed by atoms with E-state index in [4.69, 9.17) is 11.6 Å². The molecule has 0 unspecified atom stereocenters. The maximum absolute atomic E-state index is 12.8. The molecule has 2 aromatic carbocycles. The predicted octanol–water partition coefficient (Wildman–Crippen LogP) is 4.71. The normalized spacial score (nSPS) is 11.0. The average Bonchev–Trinajstić information content (AvgIpc) is 2.74. The van der Waals surface area contributed by atoms with E-state index >= 15 is 0 Å². The van der Waals surface area contributed by atoms with Crippen LogP contribution in [0.15, 0.2) is 84.2 Å². The molecule has 2 heterocycles. The Morgan fingerprint density at radius 2 is 1.75 bits per heavy atom. The Bertz CT molecular complexity index is 1160. The molecule has 0 atom stereocenters. The Labute approximate surface area is 166 Å². The van der Waals surface area contributed by atoms with E-state index in [1.165, 1.54) is 0 Å². The van der Waals surface area contributed by atoms with Crippen LogP contribution in [0.3, 0.4) is 0 Å². The third-order valence-corrected chi connectivity index (χ3v) is 4.44. The van der Waals surface area contributed by atoms with Gasteiger partial charge >= 0.3 is 0 Å². The third kappa shape index (κ3) is 3.89. The number of nitrogens with zero attached hydrogens (tertiary/aromatic N) is 3. The summed E-state index contributed by atoms with van der Waals surface area (Å²) in [5.74, 6) is -0.306. The lowest BCUT2D eigenvalue weighted by atomic mass is 10.0. The molecule has 4 aromatic rings. The number of hydrogen-bond donors (Lipinski definition) is 1. The number of hydrazone groups is 1. The second kappa shape index (κ2) is 7.98. The third-order valence-electron chi connectivity index (χ3n) is 4.19. The minimum Gasteiger partial charge on any atom is -0.267 e. The van der Waals surface area contributed by atoms with E-state index in [1.54, 1.807) is 48.9 Å². The van der Waals surface area contributed by atoms with Crippen LogP contribution in [0.4, 0.5) is 0 Å². The number of aromatic nitrogens is 2.